The third kappa shape index (κ3) is 4.07. The highest BCUT2D eigenvalue weighted by Gasteiger charge is 2.10. The van der Waals surface area contributed by atoms with Gasteiger partial charge in [0, 0.05) is 25.2 Å². The molecule has 1 rings (SSSR count). The van der Waals surface area contributed by atoms with Gasteiger partial charge in [0.15, 0.2) is 0 Å². The predicted octanol–water partition coefficient (Wildman–Crippen LogP) is 2.52. The fourth-order valence-electron chi connectivity index (χ4n) is 1.73. The van der Waals surface area contributed by atoms with E-state index in [2.05, 4.69) is 18.2 Å². The average molecular weight is 284 g/mol. The largest absolute Gasteiger partial charge is 0.497 e. The Morgan fingerprint density at radius 2 is 2.22 bits per heavy atom. The molecule has 0 spiro atoms. The standard InChI is InChI=1S/C13H20N2OS2/c1-15(7-4-8-18-3)12-9-10(16-2)5-6-11(12)13(14)17/h5-6,9H,4,7-8H2,1-3H3,(H2,14,17). The van der Waals surface area contributed by atoms with E-state index < -0.39 is 0 Å². The van der Waals surface area contributed by atoms with Crippen molar-refractivity contribution in [3.05, 3.63) is 23.8 Å². The molecule has 0 aliphatic carbocycles. The molecule has 0 aliphatic rings. The molecule has 0 aliphatic heterocycles. The molecule has 0 atom stereocenters. The molecule has 1 aromatic carbocycles. The van der Waals surface area contributed by atoms with Crippen molar-refractivity contribution >= 4 is 34.7 Å². The Labute approximate surface area is 119 Å². The van der Waals surface area contributed by atoms with Crippen LogP contribution in [0, 0.1) is 0 Å². The minimum Gasteiger partial charge on any atom is -0.497 e. The van der Waals surface area contributed by atoms with E-state index in [1.807, 2.05) is 30.0 Å². The summed E-state index contributed by atoms with van der Waals surface area (Å²) >= 11 is 6.94. The quantitative estimate of drug-likeness (QED) is 0.615. The Kier molecular flexibility index (Phi) is 6.29. The molecule has 0 heterocycles. The van der Waals surface area contributed by atoms with Crippen molar-refractivity contribution in [2.45, 2.75) is 6.42 Å². The van der Waals surface area contributed by atoms with Crippen LogP contribution in [0.25, 0.3) is 0 Å². The molecule has 0 radical (unpaired) electrons. The molecule has 18 heavy (non-hydrogen) atoms. The number of hydrogen-bond donors (Lipinski definition) is 1. The zero-order valence-electron chi connectivity index (χ0n) is 11.1. The number of thioether (sulfide) groups is 1. The summed E-state index contributed by atoms with van der Waals surface area (Å²) in [7, 11) is 3.71. The van der Waals surface area contributed by atoms with Gasteiger partial charge in [0.25, 0.3) is 0 Å². The number of hydrogen-bond acceptors (Lipinski definition) is 4. The fourth-order valence-corrected chi connectivity index (χ4v) is 2.32. The third-order valence-electron chi connectivity index (χ3n) is 2.72. The Morgan fingerprint density at radius 3 is 2.78 bits per heavy atom. The van der Waals surface area contributed by atoms with Crippen molar-refractivity contribution < 1.29 is 4.74 Å². The van der Waals surface area contributed by atoms with E-state index in [-0.39, 0.29) is 0 Å². The molecule has 3 nitrogen and oxygen atoms in total. The molecule has 5 heteroatoms. The molecule has 0 fully saturated rings. The molecule has 0 bridgehead atoms. The van der Waals surface area contributed by atoms with Gasteiger partial charge in [-0.1, -0.05) is 12.2 Å². The van der Waals surface area contributed by atoms with Gasteiger partial charge < -0.3 is 15.4 Å². The van der Waals surface area contributed by atoms with E-state index in [1.165, 1.54) is 0 Å². The fraction of sp³-hybridized carbons (Fsp3) is 0.462. The van der Waals surface area contributed by atoms with E-state index in [1.54, 1.807) is 7.11 Å². The first-order chi connectivity index (χ1) is 8.60. The minimum absolute atomic E-state index is 0.421. The lowest BCUT2D eigenvalue weighted by Gasteiger charge is -2.22. The molecular weight excluding hydrogens is 264 g/mol. The van der Waals surface area contributed by atoms with Gasteiger partial charge in [0.05, 0.1) is 12.8 Å². The van der Waals surface area contributed by atoms with Crippen LogP contribution < -0.4 is 15.4 Å². The molecule has 2 N–H and O–H groups in total. The number of rotatable bonds is 7. The van der Waals surface area contributed by atoms with Crippen molar-refractivity contribution in [1.82, 2.24) is 0 Å². The molecule has 0 saturated carbocycles. The van der Waals surface area contributed by atoms with Crippen molar-refractivity contribution in [3.63, 3.8) is 0 Å². The molecule has 0 amide bonds. The van der Waals surface area contributed by atoms with Crippen LogP contribution in [0.1, 0.15) is 12.0 Å². The highest BCUT2D eigenvalue weighted by Crippen LogP contribution is 2.25. The van der Waals surface area contributed by atoms with E-state index in [4.69, 9.17) is 22.7 Å². The van der Waals surface area contributed by atoms with Gasteiger partial charge in [-0.15, -0.1) is 0 Å². The first kappa shape index (κ1) is 15.1. The Morgan fingerprint density at radius 1 is 1.50 bits per heavy atom. The van der Waals surface area contributed by atoms with Crippen molar-refractivity contribution in [1.29, 1.82) is 0 Å². The van der Waals surface area contributed by atoms with Gasteiger partial charge in [-0.3, -0.25) is 0 Å². The van der Waals surface area contributed by atoms with E-state index >= 15 is 0 Å². The van der Waals surface area contributed by atoms with Crippen LogP contribution in [0.2, 0.25) is 0 Å². The molecule has 100 valence electrons. The lowest BCUT2D eigenvalue weighted by atomic mass is 10.1. The Hall–Kier alpha value is -0.940. The Bertz CT molecular complexity index is 410. The zero-order chi connectivity index (χ0) is 13.5. The van der Waals surface area contributed by atoms with Gasteiger partial charge in [0.1, 0.15) is 10.7 Å². The maximum atomic E-state index is 5.76. The van der Waals surface area contributed by atoms with Crippen molar-refractivity contribution in [2.75, 3.05) is 37.6 Å². The lowest BCUT2D eigenvalue weighted by molar-refractivity contribution is 0.415. The van der Waals surface area contributed by atoms with Crippen LogP contribution in [0.5, 0.6) is 5.75 Å². The maximum absolute atomic E-state index is 5.76. The number of benzene rings is 1. The summed E-state index contributed by atoms with van der Waals surface area (Å²) in [5, 5.41) is 0. The van der Waals surface area contributed by atoms with Gasteiger partial charge in [-0.2, -0.15) is 11.8 Å². The second-order valence-corrected chi connectivity index (χ2v) is 5.44. The van der Waals surface area contributed by atoms with Gasteiger partial charge in [-0.05, 0) is 30.6 Å². The third-order valence-corrected chi connectivity index (χ3v) is 3.64. The summed E-state index contributed by atoms with van der Waals surface area (Å²) in [6.45, 7) is 0.976. The number of anilines is 1. The summed E-state index contributed by atoms with van der Waals surface area (Å²) in [5.74, 6) is 1.97. The molecular formula is C13H20N2OS2. The van der Waals surface area contributed by atoms with Crippen LogP contribution in [-0.2, 0) is 0 Å². The van der Waals surface area contributed by atoms with Crippen molar-refractivity contribution in [3.8, 4) is 5.75 Å². The number of nitrogens with zero attached hydrogens (tertiary/aromatic N) is 1. The summed E-state index contributed by atoms with van der Waals surface area (Å²) < 4.78 is 5.25. The predicted molar refractivity (Wildman–Crippen MR) is 85.2 cm³/mol. The van der Waals surface area contributed by atoms with Crippen LogP contribution in [-0.4, -0.2) is 37.7 Å². The van der Waals surface area contributed by atoms with Gasteiger partial charge in [0.2, 0.25) is 0 Å². The number of methoxy groups -OCH3 is 1. The SMILES string of the molecule is COc1ccc(C(N)=S)c(N(C)CCCSC)c1. The van der Waals surface area contributed by atoms with E-state index in [0.29, 0.717) is 4.99 Å². The van der Waals surface area contributed by atoms with E-state index in [9.17, 15) is 0 Å². The zero-order valence-corrected chi connectivity index (χ0v) is 12.7. The van der Waals surface area contributed by atoms with Crippen LogP contribution >= 0.6 is 24.0 Å². The van der Waals surface area contributed by atoms with Gasteiger partial charge in [-0.25, -0.2) is 0 Å². The molecule has 0 aromatic heterocycles. The number of thiocarbonyl (C=S) groups is 1. The van der Waals surface area contributed by atoms with Crippen LogP contribution in [0.15, 0.2) is 18.2 Å². The normalized spacial score (nSPS) is 10.2. The Balaban J connectivity index is 2.92. The summed E-state index contributed by atoms with van der Waals surface area (Å²) in [5.41, 5.74) is 7.69. The van der Waals surface area contributed by atoms with Crippen LogP contribution in [0.3, 0.4) is 0 Å². The summed E-state index contributed by atoms with van der Waals surface area (Å²) in [6, 6.07) is 5.78. The van der Waals surface area contributed by atoms with Crippen LogP contribution in [0.4, 0.5) is 5.69 Å². The monoisotopic (exact) mass is 284 g/mol. The average Bonchev–Trinajstić information content (AvgIpc) is 2.38. The second kappa shape index (κ2) is 7.48. The number of nitrogens with two attached hydrogens (primary N) is 1. The second-order valence-electron chi connectivity index (χ2n) is 4.02. The lowest BCUT2D eigenvalue weighted by Crippen LogP contribution is -2.23. The summed E-state index contributed by atoms with van der Waals surface area (Å²) in [6.07, 6.45) is 3.25. The first-order valence-corrected chi connectivity index (χ1v) is 7.58. The first-order valence-electron chi connectivity index (χ1n) is 5.78. The highest BCUT2D eigenvalue weighted by atomic mass is 32.2. The maximum Gasteiger partial charge on any atom is 0.120 e. The summed E-state index contributed by atoms with van der Waals surface area (Å²) in [4.78, 5) is 2.59. The van der Waals surface area contributed by atoms with Gasteiger partial charge >= 0.3 is 0 Å². The highest BCUT2D eigenvalue weighted by molar-refractivity contribution is 7.98. The topological polar surface area (TPSA) is 38.5 Å². The molecule has 0 saturated heterocycles. The molecule has 1 aromatic rings. The van der Waals surface area contributed by atoms with Crippen molar-refractivity contribution in [2.24, 2.45) is 5.73 Å². The van der Waals surface area contributed by atoms with E-state index in [0.717, 1.165) is 35.7 Å². The number of ether oxygens (including phenoxy) is 1. The molecule has 0 unspecified atom stereocenters. The minimum atomic E-state index is 0.421. The smallest absolute Gasteiger partial charge is 0.120 e.